The van der Waals surface area contributed by atoms with E-state index in [0.29, 0.717) is 17.2 Å². The number of nitrogens with one attached hydrogen (secondary N) is 1. The second-order valence-electron chi connectivity index (χ2n) is 11.3. The van der Waals surface area contributed by atoms with Crippen LogP contribution in [0.1, 0.15) is 23.2 Å². The normalized spacial score (nSPS) is 23.5. The monoisotopic (exact) mass is 515 g/mol. The second-order valence-corrected chi connectivity index (χ2v) is 12.3. The van der Waals surface area contributed by atoms with Gasteiger partial charge in [-0.1, -0.05) is 12.1 Å². The number of nitrogens with zero attached hydrogens (tertiary/aromatic N) is 4. The minimum atomic E-state index is -0.244. The van der Waals surface area contributed by atoms with E-state index >= 15 is 0 Å². The molecule has 0 aliphatic carbocycles. The van der Waals surface area contributed by atoms with Crippen molar-refractivity contribution in [3.8, 4) is 0 Å². The molecule has 4 aromatic rings. The Morgan fingerprint density at radius 3 is 2.41 bits per heavy atom. The number of amides is 1. The Balaban J connectivity index is 1.35. The van der Waals surface area contributed by atoms with Gasteiger partial charge in [0.15, 0.2) is 0 Å². The van der Waals surface area contributed by atoms with Crippen LogP contribution in [0.3, 0.4) is 0 Å². The van der Waals surface area contributed by atoms with E-state index in [4.69, 9.17) is 0 Å². The molecule has 1 amide bonds. The smallest absolute Gasteiger partial charge is 0.258 e. The van der Waals surface area contributed by atoms with Crippen molar-refractivity contribution in [2.24, 2.45) is 11.8 Å². The summed E-state index contributed by atoms with van der Waals surface area (Å²) >= 11 is 1.53. The summed E-state index contributed by atoms with van der Waals surface area (Å²) in [6.07, 6.45) is 1.81. The maximum atomic E-state index is 13.9. The molecule has 3 saturated heterocycles. The van der Waals surface area contributed by atoms with Crippen LogP contribution in [0, 0.1) is 11.8 Å². The number of anilines is 1. The van der Waals surface area contributed by atoms with Gasteiger partial charge >= 0.3 is 0 Å². The first-order valence-corrected chi connectivity index (χ1v) is 14.2. The molecule has 0 saturated carbocycles. The van der Waals surface area contributed by atoms with Gasteiger partial charge in [0.05, 0.1) is 15.7 Å². The van der Waals surface area contributed by atoms with E-state index in [2.05, 4.69) is 62.8 Å². The molecule has 3 aliphatic heterocycles. The lowest BCUT2D eigenvalue weighted by Gasteiger charge is -2.29. The highest BCUT2D eigenvalue weighted by atomic mass is 32.1. The minimum absolute atomic E-state index is 0.101. The van der Waals surface area contributed by atoms with E-state index in [1.165, 1.54) is 11.3 Å². The van der Waals surface area contributed by atoms with Crippen LogP contribution in [0.4, 0.5) is 5.69 Å². The van der Waals surface area contributed by atoms with Gasteiger partial charge in [-0.05, 0) is 82.2 Å². The number of pyridine rings is 1. The molecule has 0 spiro atoms. The fraction of sp³-hybridized carbons (Fsp3) is 0.448. The molecule has 8 heteroatoms. The van der Waals surface area contributed by atoms with Gasteiger partial charge in [-0.2, -0.15) is 0 Å². The number of carbonyl (C=O) groups excluding carboxylic acids is 1. The molecule has 0 radical (unpaired) electrons. The average Bonchev–Trinajstić information content (AvgIpc) is 3.56. The third-order valence-corrected chi connectivity index (χ3v) is 9.88. The summed E-state index contributed by atoms with van der Waals surface area (Å²) in [7, 11) is 4.32. The lowest BCUT2D eigenvalue weighted by atomic mass is 10.0. The molecule has 2 aromatic carbocycles. The van der Waals surface area contributed by atoms with Crippen LogP contribution in [0.25, 0.3) is 25.9 Å². The van der Waals surface area contributed by atoms with Crippen molar-refractivity contribution >= 4 is 48.9 Å². The number of carbonyl (C=O) groups is 1. The van der Waals surface area contributed by atoms with Crippen molar-refractivity contribution in [3.63, 3.8) is 0 Å². The van der Waals surface area contributed by atoms with Gasteiger partial charge in [0.1, 0.15) is 10.4 Å². The average molecular weight is 516 g/mol. The van der Waals surface area contributed by atoms with Gasteiger partial charge in [0.2, 0.25) is 5.43 Å². The number of aromatic nitrogens is 1. The largest absolute Gasteiger partial charge is 0.371 e. The number of fused-ring (bicyclic) bond motifs is 6. The van der Waals surface area contributed by atoms with E-state index in [1.807, 2.05) is 18.2 Å². The fourth-order valence-corrected chi connectivity index (χ4v) is 7.96. The SMILES string of the molecule is CN1CCC(NC(=O)c2c(=O)c3ccc(N4CC5CN(C)CC5C4)cc3n3c2sc2ccccc23)CC1. The zero-order chi connectivity index (χ0) is 25.3. The van der Waals surface area contributed by atoms with Crippen molar-refractivity contribution in [2.75, 3.05) is 58.3 Å². The van der Waals surface area contributed by atoms with Crippen molar-refractivity contribution < 1.29 is 4.79 Å². The molecule has 192 valence electrons. The second kappa shape index (κ2) is 8.82. The first kappa shape index (κ1) is 23.2. The van der Waals surface area contributed by atoms with E-state index in [0.717, 1.165) is 78.4 Å². The molecule has 5 heterocycles. The Labute approximate surface area is 220 Å². The highest BCUT2D eigenvalue weighted by Gasteiger charge is 2.38. The number of para-hydroxylation sites is 1. The molecule has 2 atom stereocenters. The third kappa shape index (κ3) is 3.85. The van der Waals surface area contributed by atoms with E-state index in [-0.39, 0.29) is 22.9 Å². The van der Waals surface area contributed by atoms with Gasteiger partial charge in [0, 0.05) is 43.3 Å². The highest BCUT2D eigenvalue weighted by molar-refractivity contribution is 7.24. The van der Waals surface area contributed by atoms with E-state index < -0.39 is 0 Å². The summed E-state index contributed by atoms with van der Waals surface area (Å²) in [6, 6.07) is 14.5. The Bertz CT molecular complexity index is 1570. The van der Waals surface area contributed by atoms with Crippen LogP contribution in [0.2, 0.25) is 0 Å². The third-order valence-electron chi connectivity index (χ3n) is 8.74. The zero-order valence-electron chi connectivity index (χ0n) is 21.4. The molecular formula is C29H33N5O2S. The van der Waals surface area contributed by atoms with Crippen LogP contribution in [0.15, 0.2) is 47.3 Å². The van der Waals surface area contributed by atoms with Crippen LogP contribution in [0.5, 0.6) is 0 Å². The summed E-state index contributed by atoms with van der Waals surface area (Å²) in [4.78, 5) is 35.4. The molecular weight excluding hydrogens is 482 g/mol. The summed E-state index contributed by atoms with van der Waals surface area (Å²) in [5.41, 5.74) is 3.20. The van der Waals surface area contributed by atoms with Crippen molar-refractivity contribution in [2.45, 2.75) is 18.9 Å². The number of rotatable bonds is 3. The van der Waals surface area contributed by atoms with E-state index in [9.17, 15) is 9.59 Å². The Hall–Kier alpha value is -2.94. The number of hydrogen-bond acceptors (Lipinski definition) is 6. The maximum absolute atomic E-state index is 13.9. The first-order chi connectivity index (χ1) is 18.0. The maximum Gasteiger partial charge on any atom is 0.258 e. The van der Waals surface area contributed by atoms with Gasteiger partial charge < -0.3 is 20.0 Å². The van der Waals surface area contributed by atoms with Crippen LogP contribution < -0.4 is 15.6 Å². The molecule has 7 nitrogen and oxygen atoms in total. The summed E-state index contributed by atoms with van der Waals surface area (Å²) in [5, 5.41) is 3.80. The topological polar surface area (TPSA) is 60.3 Å². The Morgan fingerprint density at radius 1 is 0.919 bits per heavy atom. The summed E-state index contributed by atoms with van der Waals surface area (Å²) in [5.74, 6) is 1.16. The van der Waals surface area contributed by atoms with Crippen molar-refractivity contribution in [3.05, 3.63) is 58.3 Å². The molecule has 1 N–H and O–H groups in total. The number of likely N-dealkylation sites (tertiary alicyclic amines) is 2. The lowest BCUT2D eigenvalue weighted by molar-refractivity contribution is 0.0917. The standard InChI is InChI=1S/C29H33N5O2S/c1-31-11-9-20(10-12-31)30-28(36)26-27(35)22-8-7-21(33-16-18-14-32(2)15-19(18)17-33)13-24(22)34-23-5-3-4-6-25(23)37-29(26)34/h3-8,13,18-20H,9-12,14-17H2,1-2H3,(H,30,36). The van der Waals surface area contributed by atoms with Gasteiger partial charge in [0.25, 0.3) is 5.91 Å². The van der Waals surface area contributed by atoms with Gasteiger partial charge in [-0.3, -0.25) is 14.0 Å². The molecule has 37 heavy (non-hydrogen) atoms. The molecule has 2 unspecified atom stereocenters. The summed E-state index contributed by atoms with van der Waals surface area (Å²) in [6.45, 7) is 6.33. The number of thiazole rings is 1. The number of piperidine rings is 1. The minimum Gasteiger partial charge on any atom is -0.371 e. The predicted molar refractivity (Wildman–Crippen MR) is 151 cm³/mol. The van der Waals surface area contributed by atoms with Gasteiger partial charge in [-0.15, -0.1) is 11.3 Å². The van der Waals surface area contributed by atoms with E-state index in [1.54, 1.807) is 0 Å². The van der Waals surface area contributed by atoms with Crippen LogP contribution in [-0.2, 0) is 0 Å². The van der Waals surface area contributed by atoms with Crippen LogP contribution in [-0.4, -0.2) is 79.5 Å². The molecule has 2 aromatic heterocycles. The van der Waals surface area contributed by atoms with Crippen molar-refractivity contribution in [1.29, 1.82) is 0 Å². The highest BCUT2D eigenvalue weighted by Crippen LogP contribution is 2.36. The van der Waals surface area contributed by atoms with Crippen LogP contribution >= 0.6 is 11.3 Å². The summed E-state index contributed by atoms with van der Waals surface area (Å²) < 4.78 is 3.22. The molecule has 0 bridgehead atoms. The predicted octanol–water partition coefficient (Wildman–Crippen LogP) is 3.49. The Morgan fingerprint density at radius 2 is 1.65 bits per heavy atom. The number of benzene rings is 2. The fourth-order valence-electron chi connectivity index (χ4n) is 6.76. The Kier molecular flexibility index (Phi) is 5.53. The zero-order valence-corrected chi connectivity index (χ0v) is 22.3. The molecule has 7 rings (SSSR count). The first-order valence-electron chi connectivity index (χ1n) is 13.4. The number of hydrogen-bond donors (Lipinski definition) is 1. The lowest BCUT2D eigenvalue weighted by Crippen LogP contribution is -2.44. The molecule has 3 aliphatic rings. The van der Waals surface area contributed by atoms with Gasteiger partial charge in [-0.25, -0.2) is 0 Å². The molecule has 3 fully saturated rings. The quantitative estimate of drug-likeness (QED) is 0.453. The van der Waals surface area contributed by atoms with Crippen molar-refractivity contribution in [1.82, 2.24) is 19.5 Å².